The van der Waals surface area contributed by atoms with Gasteiger partial charge in [0.15, 0.2) is 5.69 Å². The van der Waals surface area contributed by atoms with Crippen LogP contribution in [0.5, 0.6) is 0 Å². The average Bonchev–Trinajstić information content (AvgIpc) is 2.78. The number of pyridine rings is 1. The number of rotatable bonds is 2. The Kier molecular flexibility index (Phi) is 5.62. The Balaban J connectivity index is 0.000000418. The second-order valence-electron chi connectivity index (χ2n) is 6.71. The lowest BCUT2D eigenvalue weighted by Crippen LogP contribution is -2.29. The normalized spacial score (nSPS) is 11.2. The summed E-state index contributed by atoms with van der Waals surface area (Å²) in [5, 5.41) is 7.18. The summed E-state index contributed by atoms with van der Waals surface area (Å²) in [5.41, 5.74) is 4.76. The summed E-state index contributed by atoms with van der Waals surface area (Å²) in [4.78, 5) is 5.05. The maximum absolute atomic E-state index is 9.75. The first-order chi connectivity index (χ1) is 14.9. The van der Waals surface area contributed by atoms with Crippen molar-refractivity contribution in [3.63, 3.8) is 0 Å². The van der Waals surface area contributed by atoms with E-state index in [9.17, 15) is 17.3 Å². The summed E-state index contributed by atoms with van der Waals surface area (Å²) in [7, 11) is -6.00. The van der Waals surface area contributed by atoms with Crippen molar-refractivity contribution >= 4 is 23.7 Å². The third-order valence-electron chi connectivity index (χ3n) is 4.56. The Hall–Kier alpha value is -3.81. The fourth-order valence-electron chi connectivity index (χ4n) is 3.28. The highest BCUT2D eigenvalue weighted by molar-refractivity contribution is 6.50. The third-order valence-corrected chi connectivity index (χ3v) is 4.56. The predicted molar refractivity (Wildman–Crippen MR) is 114 cm³/mol. The first kappa shape index (κ1) is 20.5. The number of hydrogen-bond acceptors (Lipinski definition) is 2. The zero-order valence-corrected chi connectivity index (χ0v) is 16.2. The van der Waals surface area contributed by atoms with Crippen LogP contribution in [0.3, 0.4) is 0 Å². The first-order valence-electron chi connectivity index (χ1n) is 9.50. The van der Waals surface area contributed by atoms with Gasteiger partial charge in [-0.1, -0.05) is 84.0 Å². The van der Waals surface area contributed by atoms with Gasteiger partial charge >= 0.3 is 12.9 Å². The van der Waals surface area contributed by atoms with E-state index in [1.165, 1.54) is 0 Å². The predicted octanol–water partition coefficient (Wildman–Crippen LogP) is 6.00. The van der Waals surface area contributed by atoms with Gasteiger partial charge in [0.2, 0.25) is 5.69 Å². The monoisotopic (exact) mass is 421 g/mol. The molecule has 0 aliphatic rings. The van der Waals surface area contributed by atoms with Crippen LogP contribution in [-0.2, 0) is 0 Å². The van der Waals surface area contributed by atoms with E-state index in [2.05, 4.69) is 42.5 Å². The molecule has 0 aliphatic heterocycles. The molecule has 0 unspecified atom stereocenters. The van der Waals surface area contributed by atoms with Crippen molar-refractivity contribution in [1.82, 2.24) is 10.1 Å². The lowest BCUT2D eigenvalue weighted by molar-refractivity contribution is -0.580. The Morgan fingerprint density at radius 2 is 1.13 bits per heavy atom. The fourth-order valence-corrected chi connectivity index (χ4v) is 3.28. The Morgan fingerprint density at radius 1 is 0.613 bits per heavy atom. The molecule has 0 aliphatic carbocycles. The van der Waals surface area contributed by atoms with Gasteiger partial charge in [-0.3, -0.25) is 0 Å². The van der Waals surface area contributed by atoms with Crippen LogP contribution in [0.2, 0.25) is 0 Å². The number of aromatic nitrogens is 3. The molecule has 0 spiro atoms. The van der Waals surface area contributed by atoms with Crippen molar-refractivity contribution in [2.45, 2.75) is 0 Å². The minimum atomic E-state index is -6.00. The number of nitrogens with zero attached hydrogens (tertiary/aromatic N) is 3. The molecule has 0 saturated heterocycles. The highest BCUT2D eigenvalue weighted by Gasteiger charge is 2.22. The topological polar surface area (TPSA) is 29.9 Å². The lowest BCUT2D eigenvalue weighted by atomic mass is 10.0. The smallest absolute Gasteiger partial charge is 0.418 e. The summed E-state index contributed by atoms with van der Waals surface area (Å²) in [5.74, 6) is 0. The molecule has 0 N–H and O–H groups in total. The van der Waals surface area contributed by atoms with E-state index in [0.717, 1.165) is 38.9 Å². The average molecular weight is 421 g/mol. The molecule has 3 nitrogen and oxygen atoms in total. The van der Waals surface area contributed by atoms with E-state index < -0.39 is 7.25 Å². The van der Waals surface area contributed by atoms with Gasteiger partial charge in [-0.15, -0.1) is 4.52 Å². The van der Waals surface area contributed by atoms with Crippen molar-refractivity contribution in [3.8, 4) is 22.5 Å². The Morgan fingerprint density at radius 3 is 1.74 bits per heavy atom. The number of hydrogen-bond donors (Lipinski definition) is 0. The van der Waals surface area contributed by atoms with Crippen LogP contribution in [-0.4, -0.2) is 17.3 Å². The zero-order valence-electron chi connectivity index (χ0n) is 16.2. The second kappa shape index (κ2) is 8.51. The molecule has 0 fully saturated rings. The highest BCUT2D eigenvalue weighted by atomic mass is 19.5. The van der Waals surface area contributed by atoms with Gasteiger partial charge in [-0.2, -0.15) is 0 Å². The van der Waals surface area contributed by atoms with Gasteiger partial charge < -0.3 is 17.3 Å². The second-order valence-corrected chi connectivity index (χ2v) is 6.71. The van der Waals surface area contributed by atoms with Gasteiger partial charge in [0.05, 0.1) is 5.39 Å². The van der Waals surface area contributed by atoms with Crippen LogP contribution in [0.4, 0.5) is 17.3 Å². The third kappa shape index (κ3) is 4.86. The van der Waals surface area contributed by atoms with Crippen molar-refractivity contribution < 1.29 is 21.8 Å². The number of benzene rings is 3. The zero-order chi connectivity index (χ0) is 21.8. The SMILES string of the molecule is F[B-](F)(F)F.c1ccc(-c2nc3c4ccccc4cc[n+]3nc2-c2ccccc2)cc1. The molecule has 0 atom stereocenters. The quantitative estimate of drug-likeness (QED) is 0.151. The van der Waals surface area contributed by atoms with E-state index in [1.54, 1.807) is 0 Å². The molecule has 0 radical (unpaired) electrons. The van der Waals surface area contributed by atoms with E-state index in [0.29, 0.717) is 0 Å². The Labute approximate surface area is 175 Å². The summed E-state index contributed by atoms with van der Waals surface area (Å²) in [6, 6.07) is 30.8. The molecule has 2 aromatic heterocycles. The molecule has 3 aromatic carbocycles. The van der Waals surface area contributed by atoms with E-state index in [4.69, 9.17) is 10.1 Å². The Bertz CT molecular complexity index is 1320. The summed E-state index contributed by atoms with van der Waals surface area (Å²) < 4.78 is 40.9. The maximum atomic E-state index is 9.75. The van der Waals surface area contributed by atoms with Crippen LogP contribution < -0.4 is 4.52 Å². The number of fused-ring (bicyclic) bond motifs is 3. The molecule has 5 aromatic rings. The minimum absolute atomic E-state index is 0.863. The molecule has 31 heavy (non-hydrogen) atoms. The van der Waals surface area contributed by atoms with E-state index in [1.807, 2.05) is 59.2 Å². The molecule has 2 heterocycles. The van der Waals surface area contributed by atoms with Gasteiger partial charge in [0.25, 0.3) is 0 Å². The summed E-state index contributed by atoms with van der Waals surface area (Å²) in [6.07, 6.45) is 1.98. The minimum Gasteiger partial charge on any atom is -0.418 e. The van der Waals surface area contributed by atoms with Crippen molar-refractivity contribution in [1.29, 1.82) is 0 Å². The van der Waals surface area contributed by atoms with Crippen LogP contribution in [0.25, 0.3) is 38.9 Å². The molecular weight excluding hydrogens is 405 g/mol. The maximum Gasteiger partial charge on any atom is 0.673 e. The molecule has 0 bridgehead atoms. The van der Waals surface area contributed by atoms with Gasteiger partial charge in [-0.05, 0) is 22.5 Å². The van der Waals surface area contributed by atoms with Crippen LogP contribution in [0.1, 0.15) is 0 Å². The molecule has 8 heteroatoms. The molecule has 154 valence electrons. The van der Waals surface area contributed by atoms with Crippen molar-refractivity contribution in [2.24, 2.45) is 0 Å². The van der Waals surface area contributed by atoms with E-state index in [-0.39, 0.29) is 0 Å². The van der Waals surface area contributed by atoms with Crippen molar-refractivity contribution in [3.05, 3.63) is 97.2 Å². The molecule has 5 rings (SSSR count). The van der Waals surface area contributed by atoms with Crippen LogP contribution >= 0.6 is 0 Å². The van der Waals surface area contributed by atoms with E-state index >= 15 is 0 Å². The summed E-state index contributed by atoms with van der Waals surface area (Å²) in [6.45, 7) is 0. The standard InChI is InChI=1S/C23H16N3.BF4/c1-3-10-18(11-4-1)21-22(19-12-5-2-6-13-19)25-26-16-15-17-9-7-8-14-20(17)23(26)24-21;2-1(3,4)5/h1-16H;/q+1;-1. The molecule has 0 amide bonds. The largest absolute Gasteiger partial charge is 0.673 e. The van der Waals surface area contributed by atoms with Crippen LogP contribution in [0.15, 0.2) is 97.2 Å². The van der Waals surface area contributed by atoms with Crippen LogP contribution in [0, 0.1) is 0 Å². The van der Waals surface area contributed by atoms with Crippen molar-refractivity contribution in [2.75, 3.05) is 0 Å². The van der Waals surface area contributed by atoms with Gasteiger partial charge in [0.1, 0.15) is 6.20 Å². The summed E-state index contributed by atoms with van der Waals surface area (Å²) >= 11 is 0. The first-order valence-corrected chi connectivity index (χ1v) is 9.50. The lowest BCUT2D eigenvalue weighted by Gasteiger charge is -2.05. The highest BCUT2D eigenvalue weighted by Crippen LogP contribution is 2.29. The fraction of sp³-hybridized carbons (Fsp3) is 0. The number of halogens is 4. The molecule has 0 saturated carbocycles. The van der Waals surface area contributed by atoms with Gasteiger partial charge in [-0.25, -0.2) is 0 Å². The van der Waals surface area contributed by atoms with Gasteiger partial charge in [0, 0.05) is 11.1 Å². The molecular formula is C23H16BF4N3.